The Kier molecular flexibility index (Phi) is 6.00. The monoisotopic (exact) mass is 312 g/mol. The number of hydrogen-bond donors (Lipinski definition) is 2. The molecule has 1 fully saturated rings. The summed E-state index contributed by atoms with van der Waals surface area (Å²) in [6, 6.07) is 5.54. The highest BCUT2D eigenvalue weighted by molar-refractivity contribution is 6.31. The first-order valence-corrected chi connectivity index (χ1v) is 7.87. The van der Waals surface area contributed by atoms with Crippen LogP contribution in [-0.2, 0) is 11.2 Å². The van der Waals surface area contributed by atoms with Crippen molar-refractivity contribution in [3.8, 4) is 0 Å². The Morgan fingerprint density at radius 2 is 1.95 bits per heavy atom. The Morgan fingerprint density at radius 3 is 2.57 bits per heavy atom. The van der Waals surface area contributed by atoms with Gasteiger partial charge in [-0.1, -0.05) is 17.7 Å². The summed E-state index contributed by atoms with van der Waals surface area (Å²) in [5.74, 6) is -0.195. The molecule has 1 aromatic carbocycles. The molecule has 21 heavy (non-hydrogen) atoms. The van der Waals surface area contributed by atoms with E-state index in [4.69, 9.17) is 11.6 Å². The van der Waals surface area contributed by atoms with Crippen LogP contribution in [-0.4, -0.2) is 24.5 Å². The summed E-state index contributed by atoms with van der Waals surface area (Å²) in [7, 11) is 0. The first-order chi connectivity index (χ1) is 10.1. The number of amides is 1. The zero-order valence-electron chi connectivity index (χ0n) is 12.3. The van der Waals surface area contributed by atoms with Gasteiger partial charge >= 0.3 is 0 Å². The van der Waals surface area contributed by atoms with E-state index in [2.05, 4.69) is 10.6 Å². The summed E-state index contributed by atoms with van der Waals surface area (Å²) in [5, 5.41) is 6.92. The molecule has 0 radical (unpaired) electrons. The minimum Gasteiger partial charge on any atom is -0.354 e. The van der Waals surface area contributed by atoms with Gasteiger partial charge in [0.05, 0.1) is 0 Å². The molecule has 2 rings (SSSR count). The maximum absolute atomic E-state index is 13.6. The smallest absolute Gasteiger partial charge is 0.217 e. The number of nitrogens with one attached hydrogen (secondary N) is 2. The average molecular weight is 313 g/mol. The maximum atomic E-state index is 13.6. The second kappa shape index (κ2) is 7.76. The summed E-state index contributed by atoms with van der Waals surface area (Å²) in [6.07, 6.45) is 4.67. The van der Waals surface area contributed by atoms with Crippen molar-refractivity contribution < 1.29 is 9.18 Å². The van der Waals surface area contributed by atoms with Crippen LogP contribution in [0.5, 0.6) is 0 Å². The van der Waals surface area contributed by atoms with Gasteiger partial charge in [0.15, 0.2) is 0 Å². The molecule has 0 saturated heterocycles. The van der Waals surface area contributed by atoms with Gasteiger partial charge in [0, 0.05) is 29.6 Å². The van der Waals surface area contributed by atoms with Crippen molar-refractivity contribution in [1.29, 1.82) is 0 Å². The highest BCUT2D eigenvalue weighted by Gasteiger charge is 2.21. The third-order valence-corrected chi connectivity index (χ3v) is 4.36. The Labute approximate surface area is 130 Å². The van der Waals surface area contributed by atoms with Crippen LogP contribution in [0, 0.1) is 5.82 Å². The molecule has 0 heterocycles. The number of carbonyl (C=O) groups is 1. The first-order valence-electron chi connectivity index (χ1n) is 7.49. The molecule has 0 spiro atoms. The van der Waals surface area contributed by atoms with Crippen LogP contribution in [0.1, 0.15) is 38.2 Å². The number of carbonyl (C=O) groups excluding carboxylic acids is 1. The van der Waals surface area contributed by atoms with Gasteiger partial charge in [-0.3, -0.25) is 4.79 Å². The molecule has 1 aromatic rings. The molecule has 2 N–H and O–H groups in total. The lowest BCUT2D eigenvalue weighted by Crippen LogP contribution is -2.41. The predicted octanol–water partition coefficient (Wildman–Crippen LogP) is 3.06. The number of hydrogen-bond acceptors (Lipinski definition) is 2. The molecule has 0 atom stereocenters. The van der Waals surface area contributed by atoms with Crippen molar-refractivity contribution in [1.82, 2.24) is 10.6 Å². The van der Waals surface area contributed by atoms with Gasteiger partial charge in [0.25, 0.3) is 0 Å². The fourth-order valence-corrected chi connectivity index (χ4v) is 3.16. The van der Waals surface area contributed by atoms with E-state index in [-0.39, 0.29) is 11.7 Å². The molecule has 116 valence electrons. The maximum Gasteiger partial charge on any atom is 0.217 e. The lowest BCUT2D eigenvalue weighted by atomic mass is 9.91. The fourth-order valence-electron chi connectivity index (χ4n) is 2.90. The third-order valence-electron chi connectivity index (χ3n) is 4.00. The van der Waals surface area contributed by atoms with Gasteiger partial charge in [0.2, 0.25) is 5.91 Å². The second-order valence-corrected chi connectivity index (χ2v) is 6.06. The zero-order valence-corrected chi connectivity index (χ0v) is 13.0. The largest absolute Gasteiger partial charge is 0.354 e. The summed E-state index contributed by atoms with van der Waals surface area (Å²) in [5.41, 5.74) is 0.582. The standard InChI is InChI=1S/C16H22ClFN2O/c1-11(21)20-13-7-5-12(6-8-13)19-10-9-14-15(17)3-2-4-16(14)18/h2-4,12-13,19H,5-10H2,1H3,(H,20,21). The van der Waals surface area contributed by atoms with E-state index in [0.717, 1.165) is 32.2 Å². The van der Waals surface area contributed by atoms with Crippen molar-refractivity contribution >= 4 is 17.5 Å². The minimum atomic E-state index is -0.237. The molecule has 1 saturated carbocycles. The van der Waals surface area contributed by atoms with Crippen molar-refractivity contribution in [2.24, 2.45) is 0 Å². The fraction of sp³-hybridized carbons (Fsp3) is 0.562. The highest BCUT2D eigenvalue weighted by Crippen LogP contribution is 2.21. The Hall–Kier alpha value is -1.13. The summed E-state index contributed by atoms with van der Waals surface area (Å²) < 4.78 is 13.6. The molecule has 3 nitrogen and oxygen atoms in total. The molecule has 1 amide bonds. The van der Waals surface area contributed by atoms with Crippen LogP contribution in [0.3, 0.4) is 0 Å². The SMILES string of the molecule is CC(=O)NC1CCC(NCCc2c(F)cccc2Cl)CC1. The molecule has 0 bridgehead atoms. The van der Waals surface area contributed by atoms with Crippen LogP contribution >= 0.6 is 11.6 Å². The van der Waals surface area contributed by atoms with Gasteiger partial charge in [-0.25, -0.2) is 4.39 Å². The minimum absolute atomic E-state index is 0.0422. The van der Waals surface area contributed by atoms with Gasteiger partial charge < -0.3 is 10.6 Å². The van der Waals surface area contributed by atoms with Crippen molar-refractivity contribution in [2.75, 3.05) is 6.54 Å². The van der Waals surface area contributed by atoms with E-state index >= 15 is 0 Å². The van der Waals surface area contributed by atoms with E-state index in [0.29, 0.717) is 29.1 Å². The lowest BCUT2D eigenvalue weighted by molar-refractivity contribution is -0.119. The Balaban J connectivity index is 1.72. The number of halogens is 2. The molecule has 1 aliphatic carbocycles. The first kappa shape index (κ1) is 16.2. The highest BCUT2D eigenvalue weighted by atomic mass is 35.5. The lowest BCUT2D eigenvalue weighted by Gasteiger charge is -2.29. The normalized spacial score (nSPS) is 22.0. The summed E-state index contributed by atoms with van der Waals surface area (Å²) in [6.45, 7) is 2.28. The van der Waals surface area contributed by atoms with Crippen LogP contribution in [0.2, 0.25) is 5.02 Å². The molecule has 5 heteroatoms. The van der Waals surface area contributed by atoms with Crippen LogP contribution in [0.25, 0.3) is 0 Å². The second-order valence-electron chi connectivity index (χ2n) is 5.65. The van der Waals surface area contributed by atoms with E-state index < -0.39 is 0 Å². The molecule has 0 unspecified atom stereocenters. The van der Waals surface area contributed by atoms with E-state index in [9.17, 15) is 9.18 Å². The summed E-state index contributed by atoms with van der Waals surface area (Å²) >= 11 is 6.01. The third kappa shape index (κ3) is 4.97. The van der Waals surface area contributed by atoms with E-state index in [1.54, 1.807) is 19.1 Å². The zero-order chi connectivity index (χ0) is 15.2. The van der Waals surface area contributed by atoms with Crippen molar-refractivity contribution in [3.05, 3.63) is 34.6 Å². The van der Waals surface area contributed by atoms with Crippen LogP contribution in [0.4, 0.5) is 4.39 Å². The Morgan fingerprint density at radius 1 is 1.29 bits per heavy atom. The van der Waals surface area contributed by atoms with Crippen molar-refractivity contribution in [2.45, 2.75) is 51.1 Å². The van der Waals surface area contributed by atoms with E-state index in [1.807, 2.05) is 0 Å². The number of rotatable bonds is 5. The molecular formula is C16H22ClFN2O. The van der Waals surface area contributed by atoms with Crippen LogP contribution < -0.4 is 10.6 Å². The number of benzene rings is 1. The van der Waals surface area contributed by atoms with Crippen molar-refractivity contribution in [3.63, 3.8) is 0 Å². The van der Waals surface area contributed by atoms with Gasteiger partial charge in [-0.15, -0.1) is 0 Å². The Bertz CT molecular complexity index is 467. The van der Waals surface area contributed by atoms with Gasteiger partial charge in [-0.05, 0) is 50.8 Å². The van der Waals surface area contributed by atoms with E-state index in [1.165, 1.54) is 6.07 Å². The van der Waals surface area contributed by atoms with Crippen LogP contribution in [0.15, 0.2) is 18.2 Å². The summed E-state index contributed by atoms with van der Waals surface area (Å²) in [4.78, 5) is 11.0. The average Bonchev–Trinajstić information content (AvgIpc) is 2.43. The molecule has 0 aliphatic heterocycles. The van der Waals surface area contributed by atoms with Gasteiger partial charge in [0.1, 0.15) is 5.82 Å². The molecule has 0 aromatic heterocycles. The topological polar surface area (TPSA) is 41.1 Å². The quantitative estimate of drug-likeness (QED) is 0.877. The molecule has 1 aliphatic rings. The molecular weight excluding hydrogens is 291 g/mol. The predicted molar refractivity (Wildman–Crippen MR) is 83.0 cm³/mol. The van der Waals surface area contributed by atoms with Gasteiger partial charge in [-0.2, -0.15) is 0 Å².